The zero-order chi connectivity index (χ0) is 11.7. The van der Waals surface area contributed by atoms with Crippen LogP contribution in [0.25, 0.3) is 11.0 Å². The molecule has 0 aliphatic rings. The Labute approximate surface area is 93.1 Å². The molecule has 0 aromatic carbocycles. The minimum atomic E-state index is -0.0534. The standard InChI is InChI=1S/C11H14N4O/c1-6-3-9-10(15-11(6)12)4-8(14-9)5-13-7(2)16/h3-4,14H,5H2,1-2H3,(H2,12,15)(H,13,16). The van der Waals surface area contributed by atoms with Crippen molar-refractivity contribution in [3.05, 3.63) is 23.4 Å². The molecular formula is C11H14N4O. The van der Waals surface area contributed by atoms with Crippen LogP contribution in [0, 0.1) is 6.92 Å². The molecule has 1 amide bonds. The number of H-pyrrole nitrogens is 1. The van der Waals surface area contributed by atoms with Crippen molar-refractivity contribution >= 4 is 22.8 Å². The van der Waals surface area contributed by atoms with Gasteiger partial charge in [-0.3, -0.25) is 4.79 Å². The molecule has 16 heavy (non-hydrogen) atoms. The Balaban J connectivity index is 2.33. The smallest absolute Gasteiger partial charge is 0.217 e. The van der Waals surface area contributed by atoms with Gasteiger partial charge >= 0.3 is 0 Å². The minimum absolute atomic E-state index is 0.0534. The van der Waals surface area contributed by atoms with Crippen molar-refractivity contribution in [2.45, 2.75) is 20.4 Å². The van der Waals surface area contributed by atoms with Gasteiger partial charge < -0.3 is 16.0 Å². The number of nitrogens with two attached hydrogens (primary N) is 1. The van der Waals surface area contributed by atoms with E-state index in [4.69, 9.17) is 5.73 Å². The first-order chi connectivity index (χ1) is 7.56. The lowest BCUT2D eigenvalue weighted by Gasteiger charge is -1.98. The molecule has 0 aliphatic carbocycles. The molecule has 0 unspecified atom stereocenters. The third-order valence-corrected chi connectivity index (χ3v) is 2.42. The van der Waals surface area contributed by atoms with E-state index in [9.17, 15) is 4.79 Å². The number of aryl methyl sites for hydroxylation is 1. The van der Waals surface area contributed by atoms with Crippen LogP contribution in [0.1, 0.15) is 18.2 Å². The zero-order valence-corrected chi connectivity index (χ0v) is 9.29. The molecule has 5 heteroatoms. The third kappa shape index (κ3) is 1.98. The molecule has 4 N–H and O–H groups in total. The maximum atomic E-state index is 10.8. The van der Waals surface area contributed by atoms with E-state index < -0.39 is 0 Å². The molecule has 84 valence electrons. The second-order valence-electron chi connectivity index (χ2n) is 3.83. The second-order valence-corrected chi connectivity index (χ2v) is 3.83. The van der Waals surface area contributed by atoms with Crippen molar-refractivity contribution in [3.63, 3.8) is 0 Å². The minimum Gasteiger partial charge on any atom is -0.383 e. The van der Waals surface area contributed by atoms with E-state index in [1.807, 2.05) is 19.1 Å². The molecule has 0 radical (unpaired) electrons. The number of fused-ring (bicyclic) bond motifs is 1. The molecule has 0 fully saturated rings. The van der Waals surface area contributed by atoms with Crippen LogP contribution < -0.4 is 11.1 Å². The van der Waals surface area contributed by atoms with E-state index in [1.165, 1.54) is 6.92 Å². The molecular weight excluding hydrogens is 204 g/mol. The van der Waals surface area contributed by atoms with Gasteiger partial charge in [0.1, 0.15) is 5.82 Å². The van der Waals surface area contributed by atoms with Crippen LogP contribution in [0.3, 0.4) is 0 Å². The lowest BCUT2D eigenvalue weighted by Crippen LogP contribution is -2.18. The number of carbonyl (C=O) groups excluding carboxylic acids is 1. The van der Waals surface area contributed by atoms with Gasteiger partial charge in [0.25, 0.3) is 0 Å². The highest BCUT2D eigenvalue weighted by Crippen LogP contribution is 2.18. The summed E-state index contributed by atoms with van der Waals surface area (Å²) in [4.78, 5) is 18.2. The SMILES string of the molecule is CC(=O)NCc1cc2nc(N)c(C)cc2[nH]1. The Kier molecular flexibility index (Phi) is 2.52. The first-order valence-electron chi connectivity index (χ1n) is 5.05. The highest BCUT2D eigenvalue weighted by atomic mass is 16.1. The lowest BCUT2D eigenvalue weighted by atomic mass is 10.2. The lowest BCUT2D eigenvalue weighted by molar-refractivity contribution is -0.119. The molecule has 0 bridgehead atoms. The van der Waals surface area contributed by atoms with Gasteiger partial charge in [-0.25, -0.2) is 4.98 Å². The van der Waals surface area contributed by atoms with Gasteiger partial charge in [0.2, 0.25) is 5.91 Å². The van der Waals surface area contributed by atoms with Crippen LogP contribution in [0.2, 0.25) is 0 Å². The van der Waals surface area contributed by atoms with Crippen LogP contribution in [-0.2, 0) is 11.3 Å². The van der Waals surface area contributed by atoms with E-state index in [-0.39, 0.29) is 5.91 Å². The number of nitrogen functional groups attached to an aromatic ring is 1. The molecule has 2 aromatic rings. The van der Waals surface area contributed by atoms with Gasteiger partial charge in [0.15, 0.2) is 0 Å². The highest BCUT2D eigenvalue weighted by Gasteiger charge is 2.05. The summed E-state index contributed by atoms with van der Waals surface area (Å²) in [5.41, 5.74) is 9.35. The van der Waals surface area contributed by atoms with Crippen molar-refractivity contribution < 1.29 is 4.79 Å². The number of rotatable bonds is 2. The molecule has 0 aliphatic heterocycles. The molecule has 2 rings (SSSR count). The number of aromatic nitrogens is 2. The summed E-state index contributed by atoms with van der Waals surface area (Å²) in [6, 6.07) is 3.84. The average molecular weight is 218 g/mol. The summed E-state index contributed by atoms with van der Waals surface area (Å²) in [7, 11) is 0. The number of carbonyl (C=O) groups is 1. The zero-order valence-electron chi connectivity index (χ0n) is 9.29. The van der Waals surface area contributed by atoms with Gasteiger partial charge in [-0.2, -0.15) is 0 Å². The Morgan fingerprint density at radius 3 is 3.00 bits per heavy atom. The number of anilines is 1. The molecule has 2 aromatic heterocycles. The van der Waals surface area contributed by atoms with Gasteiger partial charge in [-0.05, 0) is 24.6 Å². The Bertz CT molecular complexity index is 505. The number of pyridine rings is 1. The first kappa shape index (κ1) is 10.5. The van der Waals surface area contributed by atoms with Crippen molar-refractivity contribution in [3.8, 4) is 0 Å². The van der Waals surface area contributed by atoms with Gasteiger partial charge in [-0.15, -0.1) is 0 Å². The van der Waals surface area contributed by atoms with E-state index in [1.54, 1.807) is 0 Å². The molecule has 0 spiro atoms. The van der Waals surface area contributed by atoms with E-state index in [0.29, 0.717) is 12.4 Å². The van der Waals surface area contributed by atoms with Gasteiger partial charge in [0, 0.05) is 12.6 Å². The topological polar surface area (TPSA) is 83.8 Å². The van der Waals surface area contributed by atoms with Crippen LogP contribution in [-0.4, -0.2) is 15.9 Å². The second kappa shape index (κ2) is 3.84. The molecule has 0 saturated heterocycles. The number of hydrogen-bond donors (Lipinski definition) is 3. The number of amides is 1. The quantitative estimate of drug-likeness (QED) is 0.705. The van der Waals surface area contributed by atoms with Crippen molar-refractivity contribution in [2.75, 3.05) is 5.73 Å². The maximum absolute atomic E-state index is 10.8. The maximum Gasteiger partial charge on any atom is 0.217 e. The third-order valence-electron chi connectivity index (χ3n) is 2.42. The number of aromatic amines is 1. The van der Waals surface area contributed by atoms with Gasteiger partial charge in [-0.1, -0.05) is 0 Å². The molecule has 2 heterocycles. The number of hydrogen-bond acceptors (Lipinski definition) is 3. The molecule has 5 nitrogen and oxygen atoms in total. The number of nitrogens with zero attached hydrogens (tertiary/aromatic N) is 1. The predicted molar refractivity (Wildman–Crippen MR) is 62.8 cm³/mol. The number of nitrogens with one attached hydrogen (secondary N) is 2. The normalized spacial score (nSPS) is 10.6. The fraction of sp³-hybridized carbons (Fsp3) is 0.273. The van der Waals surface area contributed by atoms with Crippen LogP contribution in [0.4, 0.5) is 5.82 Å². The summed E-state index contributed by atoms with van der Waals surface area (Å²) >= 11 is 0. The van der Waals surface area contributed by atoms with Crippen LogP contribution in [0.15, 0.2) is 12.1 Å². The highest BCUT2D eigenvalue weighted by molar-refractivity contribution is 5.79. The summed E-state index contributed by atoms with van der Waals surface area (Å²) in [5, 5.41) is 2.72. The summed E-state index contributed by atoms with van der Waals surface area (Å²) < 4.78 is 0. The Morgan fingerprint density at radius 2 is 2.31 bits per heavy atom. The fourth-order valence-corrected chi connectivity index (χ4v) is 1.54. The van der Waals surface area contributed by atoms with Gasteiger partial charge in [0.05, 0.1) is 17.6 Å². The summed E-state index contributed by atoms with van der Waals surface area (Å²) in [5.74, 6) is 0.486. The van der Waals surface area contributed by atoms with Crippen LogP contribution in [0.5, 0.6) is 0 Å². The van der Waals surface area contributed by atoms with E-state index in [0.717, 1.165) is 22.3 Å². The summed E-state index contributed by atoms with van der Waals surface area (Å²) in [6.07, 6.45) is 0. The largest absolute Gasteiger partial charge is 0.383 e. The molecule has 0 saturated carbocycles. The van der Waals surface area contributed by atoms with Crippen LogP contribution >= 0.6 is 0 Å². The van der Waals surface area contributed by atoms with Crippen molar-refractivity contribution in [2.24, 2.45) is 0 Å². The van der Waals surface area contributed by atoms with Crippen molar-refractivity contribution in [1.82, 2.24) is 15.3 Å². The molecule has 0 atom stereocenters. The Morgan fingerprint density at radius 1 is 1.56 bits per heavy atom. The average Bonchev–Trinajstić information content (AvgIpc) is 2.58. The summed E-state index contributed by atoms with van der Waals surface area (Å²) in [6.45, 7) is 3.88. The van der Waals surface area contributed by atoms with Crippen molar-refractivity contribution in [1.29, 1.82) is 0 Å². The monoisotopic (exact) mass is 218 g/mol. The predicted octanol–water partition coefficient (Wildman–Crippen LogP) is 1.09. The Hall–Kier alpha value is -2.04. The van der Waals surface area contributed by atoms with E-state index >= 15 is 0 Å². The first-order valence-corrected chi connectivity index (χ1v) is 5.05. The fourth-order valence-electron chi connectivity index (χ4n) is 1.54. The van der Waals surface area contributed by atoms with E-state index in [2.05, 4.69) is 15.3 Å².